The van der Waals surface area contributed by atoms with Gasteiger partial charge in [0.05, 0.1) is 0 Å². The van der Waals surface area contributed by atoms with Crippen LogP contribution in [0.2, 0.25) is 0 Å². The maximum atomic E-state index is 12.0. The minimum absolute atomic E-state index is 0.0722. The van der Waals surface area contributed by atoms with Crippen LogP contribution >= 0.6 is 0 Å². The topological polar surface area (TPSA) is 17.1 Å². The molecule has 0 saturated carbocycles. The fourth-order valence-electron chi connectivity index (χ4n) is 1.87. The average molecular weight is 224 g/mol. The standard InChI is InChI=1S/C16H16O/c1-13(14-8-4-2-5-9-14)12-16(17)15-10-6-3-7-11-15/h3-4,6-12H,2,5H2,1H3/b13-12+. The molecule has 1 aliphatic rings. The Balaban J connectivity index is 2.17. The number of carbonyl (C=O) groups excluding carboxylic acids is 1. The Kier molecular flexibility index (Phi) is 3.71. The molecule has 0 bridgehead atoms. The summed E-state index contributed by atoms with van der Waals surface area (Å²) in [6.45, 7) is 1.99. The second-order valence-electron chi connectivity index (χ2n) is 4.20. The highest BCUT2D eigenvalue weighted by Crippen LogP contribution is 2.18. The van der Waals surface area contributed by atoms with E-state index in [-0.39, 0.29) is 5.78 Å². The van der Waals surface area contributed by atoms with Crippen LogP contribution in [0.4, 0.5) is 0 Å². The first kappa shape index (κ1) is 11.6. The van der Waals surface area contributed by atoms with E-state index in [0.717, 1.165) is 24.0 Å². The number of ketones is 1. The molecule has 1 aliphatic carbocycles. The Hall–Kier alpha value is -1.89. The molecule has 0 heterocycles. The number of rotatable bonds is 3. The van der Waals surface area contributed by atoms with E-state index in [1.54, 1.807) is 6.08 Å². The lowest BCUT2D eigenvalue weighted by Crippen LogP contribution is -1.96. The van der Waals surface area contributed by atoms with Crippen molar-refractivity contribution in [3.05, 3.63) is 71.3 Å². The number of allylic oxidation sites excluding steroid dienone is 6. The summed E-state index contributed by atoms with van der Waals surface area (Å²) in [5, 5.41) is 0. The molecule has 0 radical (unpaired) electrons. The van der Waals surface area contributed by atoms with Crippen molar-refractivity contribution in [2.24, 2.45) is 0 Å². The fourth-order valence-corrected chi connectivity index (χ4v) is 1.87. The molecule has 0 N–H and O–H groups in total. The third-order valence-corrected chi connectivity index (χ3v) is 2.86. The van der Waals surface area contributed by atoms with Crippen LogP contribution in [0.3, 0.4) is 0 Å². The number of carbonyl (C=O) groups is 1. The van der Waals surface area contributed by atoms with Gasteiger partial charge in [0.25, 0.3) is 0 Å². The highest BCUT2D eigenvalue weighted by molar-refractivity contribution is 6.05. The van der Waals surface area contributed by atoms with Crippen LogP contribution in [0, 0.1) is 0 Å². The smallest absolute Gasteiger partial charge is 0.186 e. The SMILES string of the molecule is C/C(=C\C(=O)c1ccccc1)C1=CCCC=C1. The van der Waals surface area contributed by atoms with Gasteiger partial charge in [-0.2, -0.15) is 0 Å². The quantitative estimate of drug-likeness (QED) is 0.558. The zero-order valence-electron chi connectivity index (χ0n) is 10.0. The maximum absolute atomic E-state index is 12.0. The Morgan fingerprint density at radius 2 is 1.94 bits per heavy atom. The van der Waals surface area contributed by atoms with Crippen LogP contribution in [0.1, 0.15) is 30.1 Å². The second kappa shape index (κ2) is 5.44. The van der Waals surface area contributed by atoms with E-state index in [1.807, 2.05) is 37.3 Å². The normalized spacial score (nSPS) is 15.6. The molecule has 0 aromatic heterocycles. The van der Waals surface area contributed by atoms with Gasteiger partial charge in [-0.3, -0.25) is 4.79 Å². The van der Waals surface area contributed by atoms with Gasteiger partial charge in [0.15, 0.2) is 5.78 Å². The lowest BCUT2D eigenvalue weighted by atomic mass is 9.98. The molecule has 1 aromatic carbocycles. The predicted octanol–water partition coefficient (Wildman–Crippen LogP) is 4.09. The molecule has 2 rings (SSSR count). The van der Waals surface area contributed by atoms with Crippen molar-refractivity contribution in [3.8, 4) is 0 Å². The van der Waals surface area contributed by atoms with Crippen molar-refractivity contribution in [2.45, 2.75) is 19.8 Å². The van der Waals surface area contributed by atoms with Crippen molar-refractivity contribution < 1.29 is 4.79 Å². The maximum Gasteiger partial charge on any atom is 0.186 e. The summed E-state index contributed by atoms with van der Waals surface area (Å²) < 4.78 is 0. The number of hydrogen-bond acceptors (Lipinski definition) is 1. The Morgan fingerprint density at radius 3 is 2.59 bits per heavy atom. The van der Waals surface area contributed by atoms with E-state index >= 15 is 0 Å². The van der Waals surface area contributed by atoms with Gasteiger partial charge in [-0.25, -0.2) is 0 Å². The van der Waals surface area contributed by atoms with Gasteiger partial charge < -0.3 is 0 Å². The first-order chi connectivity index (χ1) is 8.27. The fraction of sp³-hybridized carbons (Fsp3) is 0.188. The van der Waals surface area contributed by atoms with Crippen molar-refractivity contribution in [1.29, 1.82) is 0 Å². The highest BCUT2D eigenvalue weighted by atomic mass is 16.1. The summed E-state index contributed by atoms with van der Waals surface area (Å²) in [5.41, 5.74) is 2.95. The lowest BCUT2D eigenvalue weighted by Gasteiger charge is -2.07. The first-order valence-electron chi connectivity index (χ1n) is 5.92. The summed E-state index contributed by atoms with van der Waals surface area (Å²) >= 11 is 0. The molecule has 0 unspecified atom stereocenters. The molecule has 1 heteroatoms. The monoisotopic (exact) mass is 224 g/mol. The van der Waals surface area contributed by atoms with Gasteiger partial charge in [-0.15, -0.1) is 0 Å². The van der Waals surface area contributed by atoms with E-state index in [0.29, 0.717) is 0 Å². The highest BCUT2D eigenvalue weighted by Gasteiger charge is 2.04. The van der Waals surface area contributed by atoms with Crippen LogP contribution in [0.15, 0.2) is 65.8 Å². The molecular formula is C16H16O. The van der Waals surface area contributed by atoms with Crippen molar-refractivity contribution >= 4 is 5.78 Å². The van der Waals surface area contributed by atoms with Gasteiger partial charge in [0.1, 0.15) is 0 Å². The van der Waals surface area contributed by atoms with Crippen molar-refractivity contribution in [3.63, 3.8) is 0 Å². The molecule has 0 saturated heterocycles. The molecule has 1 aromatic rings. The molecule has 0 amide bonds. The van der Waals surface area contributed by atoms with E-state index in [1.165, 1.54) is 5.57 Å². The van der Waals surface area contributed by atoms with Crippen molar-refractivity contribution in [2.75, 3.05) is 0 Å². The minimum Gasteiger partial charge on any atom is -0.289 e. The third kappa shape index (κ3) is 3.04. The molecule has 0 spiro atoms. The van der Waals surface area contributed by atoms with E-state index in [2.05, 4.69) is 18.2 Å². The second-order valence-corrected chi connectivity index (χ2v) is 4.20. The van der Waals surface area contributed by atoms with Crippen molar-refractivity contribution in [1.82, 2.24) is 0 Å². The molecule has 0 atom stereocenters. The largest absolute Gasteiger partial charge is 0.289 e. The van der Waals surface area contributed by atoms with E-state index in [4.69, 9.17) is 0 Å². The summed E-state index contributed by atoms with van der Waals surface area (Å²) in [7, 11) is 0. The van der Waals surface area contributed by atoms with Crippen LogP contribution in [0.5, 0.6) is 0 Å². The summed E-state index contributed by atoms with van der Waals surface area (Å²) in [5.74, 6) is 0.0722. The Labute approximate surface area is 102 Å². The summed E-state index contributed by atoms with van der Waals surface area (Å²) in [6.07, 6.45) is 10.3. The number of hydrogen-bond donors (Lipinski definition) is 0. The minimum atomic E-state index is 0.0722. The molecule has 0 aliphatic heterocycles. The number of benzene rings is 1. The summed E-state index contributed by atoms with van der Waals surface area (Å²) in [6, 6.07) is 9.38. The zero-order valence-corrected chi connectivity index (χ0v) is 10.0. The van der Waals surface area contributed by atoms with Crippen LogP contribution in [-0.4, -0.2) is 5.78 Å². The molecule has 17 heavy (non-hydrogen) atoms. The Morgan fingerprint density at radius 1 is 1.18 bits per heavy atom. The predicted molar refractivity (Wildman–Crippen MR) is 71.0 cm³/mol. The van der Waals surface area contributed by atoms with Crippen LogP contribution in [0.25, 0.3) is 0 Å². The van der Waals surface area contributed by atoms with Crippen LogP contribution < -0.4 is 0 Å². The molecular weight excluding hydrogens is 208 g/mol. The van der Waals surface area contributed by atoms with Gasteiger partial charge in [-0.1, -0.05) is 48.6 Å². The summed E-state index contributed by atoms with van der Waals surface area (Å²) in [4.78, 5) is 12.0. The molecule has 1 nitrogen and oxygen atoms in total. The first-order valence-corrected chi connectivity index (χ1v) is 5.92. The third-order valence-electron chi connectivity index (χ3n) is 2.86. The zero-order chi connectivity index (χ0) is 12.1. The van der Waals surface area contributed by atoms with Crippen LogP contribution in [-0.2, 0) is 0 Å². The van der Waals surface area contributed by atoms with Gasteiger partial charge >= 0.3 is 0 Å². The molecule has 86 valence electrons. The van der Waals surface area contributed by atoms with Gasteiger partial charge in [0.2, 0.25) is 0 Å². The molecule has 0 fully saturated rings. The van der Waals surface area contributed by atoms with E-state index < -0.39 is 0 Å². The van der Waals surface area contributed by atoms with E-state index in [9.17, 15) is 4.79 Å². The Bertz CT molecular complexity index is 490. The average Bonchev–Trinajstić information content (AvgIpc) is 2.40. The lowest BCUT2D eigenvalue weighted by molar-refractivity contribution is 0.104. The van der Waals surface area contributed by atoms with Gasteiger partial charge in [-0.05, 0) is 37.0 Å². The van der Waals surface area contributed by atoms with Gasteiger partial charge in [0, 0.05) is 5.56 Å².